The number of nitriles is 1. The molecule has 1 atom stereocenters. The summed E-state index contributed by atoms with van der Waals surface area (Å²) < 4.78 is 0. The van der Waals surface area contributed by atoms with E-state index in [0.29, 0.717) is 0 Å². The highest BCUT2D eigenvalue weighted by Gasteiger charge is 1.84. The van der Waals surface area contributed by atoms with Gasteiger partial charge in [-0.25, -0.2) is 0 Å². The van der Waals surface area contributed by atoms with Crippen LogP contribution in [-0.2, 0) is 0 Å². The first-order valence-corrected chi connectivity index (χ1v) is 1.66. The highest BCUT2D eigenvalue weighted by molar-refractivity contribution is 5.25. The van der Waals surface area contributed by atoms with Gasteiger partial charge in [0, 0.05) is 0 Å². The van der Waals surface area contributed by atoms with Crippen molar-refractivity contribution in [2.24, 2.45) is 4.99 Å². The summed E-state index contributed by atoms with van der Waals surface area (Å²) in [6.07, 6.45) is 0. The summed E-state index contributed by atoms with van der Waals surface area (Å²) in [5.41, 5.74) is 0. The van der Waals surface area contributed by atoms with Crippen molar-refractivity contribution in [1.29, 1.82) is 5.26 Å². The first kappa shape index (κ1) is 5.16. The molecule has 32 valence electrons. The third-order valence-electron chi connectivity index (χ3n) is 0.461. The first-order chi connectivity index (χ1) is 2.81. The van der Waals surface area contributed by atoms with Crippen molar-refractivity contribution in [1.82, 2.24) is 0 Å². The van der Waals surface area contributed by atoms with Crippen molar-refractivity contribution in [3.63, 3.8) is 0 Å². The molecule has 0 saturated carbocycles. The quantitative estimate of drug-likeness (QED) is 0.426. The summed E-state index contributed by atoms with van der Waals surface area (Å²) in [6.45, 7) is 4.85. The van der Waals surface area contributed by atoms with Crippen molar-refractivity contribution < 1.29 is 0 Å². The average molecular weight is 82.1 g/mol. The van der Waals surface area contributed by atoms with Gasteiger partial charge in [0.2, 0.25) is 0 Å². The molecule has 0 bridgehead atoms. The largest absolute Gasteiger partial charge is 0.283 e. The van der Waals surface area contributed by atoms with E-state index in [0.717, 1.165) is 0 Å². The van der Waals surface area contributed by atoms with Gasteiger partial charge in [-0.2, -0.15) is 5.26 Å². The van der Waals surface area contributed by atoms with Gasteiger partial charge in [-0.05, 0) is 13.6 Å². The monoisotopic (exact) mass is 82.1 g/mol. The standard InChI is InChI=1S/C4H6N2/c1-4(3-5)6-2/h4H,2H2,1H3. The molecule has 0 radical (unpaired) electrons. The van der Waals surface area contributed by atoms with Gasteiger partial charge in [0.15, 0.2) is 0 Å². The summed E-state index contributed by atoms with van der Waals surface area (Å²) in [6, 6.07) is 1.64. The lowest BCUT2D eigenvalue weighted by atomic mass is 10.4. The number of hydrogen-bond donors (Lipinski definition) is 0. The smallest absolute Gasteiger partial charge is 0.133 e. The van der Waals surface area contributed by atoms with Gasteiger partial charge in [-0.3, -0.25) is 4.99 Å². The van der Waals surface area contributed by atoms with Crippen LogP contribution in [0.15, 0.2) is 4.99 Å². The highest BCUT2D eigenvalue weighted by atomic mass is 14.7. The third kappa shape index (κ3) is 1.48. The summed E-state index contributed by atoms with van der Waals surface area (Å²) in [5.74, 6) is 0. The van der Waals surface area contributed by atoms with Crippen LogP contribution >= 0.6 is 0 Å². The Kier molecular flexibility index (Phi) is 2.06. The minimum Gasteiger partial charge on any atom is -0.283 e. The van der Waals surface area contributed by atoms with E-state index in [9.17, 15) is 0 Å². The lowest BCUT2D eigenvalue weighted by Gasteiger charge is -1.81. The molecule has 0 aromatic rings. The van der Waals surface area contributed by atoms with E-state index in [4.69, 9.17) is 5.26 Å². The SMILES string of the molecule is C=NC(C)C#N. The number of aliphatic imine (C=N–C) groups is 1. The zero-order valence-corrected chi connectivity index (χ0v) is 3.68. The van der Waals surface area contributed by atoms with E-state index in [1.807, 2.05) is 6.07 Å². The van der Waals surface area contributed by atoms with E-state index in [-0.39, 0.29) is 6.04 Å². The second-order valence-electron chi connectivity index (χ2n) is 0.988. The Labute approximate surface area is 37.1 Å². The predicted molar refractivity (Wildman–Crippen MR) is 24.6 cm³/mol. The van der Waals surface area contributed by atoms with E-state index in [1.165, 1.54) is 0 Å². The molecule has 0 aliphatic carbocycles. The van der Waals surface area contributed by atoms with Crippen molar-refractivity contribution >= 4 is 6.72 Å². The van der Waals surface area contributed by atoms with Gasteiger partial charge >= 0.3 is 0 Å². The molecule has 0 heterocycles. The van der Waals surface area contributed by atoms with Crippen LogP contribution in [0.4, 0.5) is 0 Å². The van der Waals surface area contributed by atoms with E-state index in [2.05, 4.69) is 11.7 Å². The molecule has 0 aromatic carbocycles. The molecule has 0 aliphatic rings. The van der Waals surface area contributed by atoms with Crippen LogP contribution < -0.4 is 0 Å². The average Bonchev–Trinajstić information content (AvgIpc) is 1.65. The summed E-state index contributed by atoms with van der Waals surface area (Å²) in [5, 5.41) is 7.95. The summed E-state index contributed by atoms with van der Waals surface area (Å²) in [4.78, 5) is 3.40. The molecule has 1 unspecified atom stereocenters. The fourth-order valence-corrected chi connectivity index (χ4v) is 0.0408. The molecular formula is C4H6N2. The minimum absolute atomic E-state index is 0.245. The Hall–Kier alpha value is -0.840. The zero-order chi connectivity index (χ0) is 4.99. The molecule has 0 spiro atoms. The maximum absolute atomic E-state index is 7.95. The Morgan fingerprint density at radius 1 is 2.00 bits per heavy atom. The van der Waals surface area contributed by atoms with Crippen LogP contribution in [0.3, 0.4) is 0 Å². The van der Waals surface area contributed by atoms with Crippen molar-refractivity contribution in [3.8, 4) is 6.07 Å². The molecule has 0 aromatic heterocycles. The normalized spacial score (nSPS) is 12.0. The lowest BCUT2D eigenvalue weighted by molar-refractivity contribution is 0.951. The topological polar surface area (TPSA) is 36.1 Å². The molecule has 6 heavy (non-hydrogen) atoms. The maximum atomic E-state index is 7.95. The number of rotatable bonds is 1. The van der Waals surface area contributed by atoms with Gasteiger partial charge in [0.05, 0.1) is 6.07 Å². The van der Waals surface area contributed by atoms with Gasteiger partial charge < -0.3 is 0 Å². The predicted octanol–water partition coefficient (Wildman–Crippen LogP) is 0.599. The Morgan fingerprint density at radius 3 is 2.50 bits per heavy atom. The van der Waals surface area contributed by atoms with Gasteiger partial charge in [0.1, 0.15) is 6.04 Å². The second-order valence-corrected chi connectivity index (χ2v) is 0.988. The lowest BCUT2D eigenvalue weighted by Crippen LogP contribution is -1.87. The van der Waals surface area contributed by atoms with E-state index < -0.39 is 0 Å². The molecule has 0 amide bonds. The van der Waals surface area contributed by atoms with Crippen LogP contribution in [0.5, 0.6) is 0 Å². The van der Waals surface area contributed by atoms with E-state index >= 15 is 0 Å². The van der Waals surface area contributed by atoms with Crippen molar-refractivity contribution in [3.05, 3.63) is 0 Å². The van der Waals surface area contributed by atoms with Gasteiger partial charge in [-0.15, -0.1) is 0 Å². The van der Waals surface area contributed by atoms with Crippen LogP contribution in [0.1, 0.15) is 6.92 Å². The Morgan fingerprint density at radius 2 is 2.50 bits per heavy atom. The van der Waals surface area contributed by atoms with Crippen molar-refractivity contribution in [2.75, 3.05) is 0 Å². The molecule has 0 rings (SSSR count). The fraction of sp³-hybridized carbons (Fsp3) is 0.500. The van der Waals surface area contributed by atoms with Gasteiger partial charge in [0.25, 0.3) is 0 Å². The Bertz CT molecular complexity index is 80.0. The van der Waals surface area contributed by atoms with Crippen LogP contribution in [0.25, 0.3) is 0 Å². The summed E-state index contributed by atoms with van der Waals surface area (Å²) >= 11 is 0. The molecule has 2 heteroatoms. The first-order valence-electron chi connectivity index (χ1n) is 1.66. The van der Waals surface area contributed by atoms with Crippen LogP contribution in [0.2, 0.25) is 0 Å². The molecule has 0 N–H and O–H groups in total. The van der Waals surface area contributed by atoms with Gasteiger partial charge in [-0.1, -0.05) is 0 Å². The molecular weight excluding hydrogens is 76.1 g/mol. The minimum atomic E-state index is -0.245. The number of hydrogen-bond acceptors (Lipinski definition) is 2. The zero-order valence-electron chi connectivity index (χ0n) is 3.68. The molecule has 0 saturated heterocycles. The molecule has 0 fully saturated rings. The summed E-state index contributed by atoms with van der Waals surface area (Å²) in [7, 11) is 0. The highest BCUT2D eigenvalue weighted by Crippen LogP contribution is 1.78. The third-order valence-corrected chi connectivity index (χ3v) is 0.461. The Balaban J connectivity index is 3.30. The van der Waals surface area contributed by atoms with Crippen LogP contribution in [-0.4, -0.2) is 12.8 Å². The fourth-order valence-electron chi connectivity index (χ4n) is 0.0408. The van der Waals surface area contributed by atoms with Crippen LogP contribution in [0, 0.1) is 11.3 Å². The van der Waals surface area contributed by atoms with Crippen molar-refractivity contribution in [2.45, 2.75) is 13.0 Å². The molecule has 2 nitrogen and oxygen atoms in total. The second kappa shape index (κ2) is 2.40. The van der Waals surface area contributed by atoms with E-state index in [1.54, 1.807) is 6.92 Å². The number of nitrogens with zero attached hydrogens (tertiary/aromatic N) is 2. The maximum Gasteiger partial charge on any atom is 0.133 e. The molecule has 0 aliphatic heterocycles.